The topological polar surface area (TPSA) is 94.4 Å². The molecular formula is C19H22N6O3. The van der Waals surface area contributed by atoms with Gasteiger partial charge < -0.3 is 19.7 Å². The van der Waals surface area contributed by atoms with Crippen LogP contribution in [0.15, 0.2) is 36.8 Å². The van der Waals surface area contributed by atoms with Crippen molar-refractivity contribution < 1.29 is 14.3 Å². The van der Waals surface area contributed by atoms with E-state index in [2.05, 4.69) is 25.3 Å². The minimum atomic E-state index is -0.139. The molecule has 1 amide bonds. The van der Waals surface area contributed by atoms with E-state index in [9.17, 15) is 4.79 Å². The highest BCUT2D eigenvalue weighted by Gasteiger charge is 2.18. The molecule has 0 bridgehead atoms. The molecule has 9 heteroatoms. The Balaban J connectivity index is 1.45. The largest absolute Gasteiger partial charge is 0.497 e. The number of carbonyl (C=O) groups excluding carboxylic acids is 1. The van der Waals surface area contributed by atoms with E-state index in [-0.39, 0.29) is 12.5 Å². The molecule has 9 nitrogen and oxygen atoms in total. The summed E-state index contributed by atoms with van der Waals surface area (Å²) >= 11 is 0. The van der Waals surface area contributed by atoms with E-state index in [0.29, 0.717) is 25.4 Å². The van der Waals surface area contributed by atoms with Gasteiger partial charge in [-0.1, -0.05) is 12.1 Å². The van der Waals surface area contributed by atoms with Crippen LogP contribution in [-0.4, -0.2) is 59.1 Å². The molecule has 0 aliphatic carbocycles. The summed E-state index contributed by atoms with van der Waals surface area (Å²) in [6.45, 7) is 3.41. The van der Waals surface area contributed by atoms with Gasteiger partial charge in [0.2, 0.25) is 5.91 Å². The molecule has 28 heavy (non-hydrogen) atoms. The molecule has 146 valence electrons. The predicted molar refractivity (Wildman–Crippen MR) is 103 cm³/mol. The Kier molecular flexibility index (Phi) is 5.34. The summed E-state index contributed by atoms with van der Waals surface area (Å²) in [4.78, 5) is 23.3. The van der Waals surface area contributed by atoms with Crippen LogP contribution in [0.3, 0.4) is 0 Å². The van der Waals surface area contributed by atoms with Crippen molar-refractivity contribution in [2.24, 2.45) is 0 Å². The maximum atomic E-state index is 12.4. The third-order valence-electron chi connectivity index (χ3n) is 4.64. The summed E-state index contributed by atoms with van der Waals surface area (Å²) < 4.78 is 12.2. The second-order valence-corrected chi connectivity index (χ2v) is 6.46. The van der Waals surface area contributed by atoms with Crippen LogP contribution in [0, 0.1) is 0 Å². The summed E-state index contributed by atoms with van der Waals surface area (Å²) in [6.07, 6.45) is 3.23. The molecule has 0 atom stereocenters. The molecule has 1 fully saturated rings. The lowest BCUT2D eigenvalue weighted by Gasteiger charge is -2.27. The van der Waals surface area contributed by atoms with E-state index < -0.39 is 0 Å². The second kappa shape index (κ2) is 8.22. The third kappa shape index (κ3) is 3.89. The molecule has 1 aliphatic heterocycles. The minimum Gasteiger partial charge on any atom is -0.497 e. The van der Waals surface area contributed by atoms with Crippen LogP contribution in [0.25, 0.3) is 11.0 Å². The lowest BCUT2D eigenvalue weighted by molar-refractivity contribution is -0.121. The normalized spacial score (nSPS) is 14.2. The van der Waals surface area contributed by atoms with Crippen LogP contribution in [0.4, 0.5) is 5.82 Å². The van der Waals surface area contributed by atoms with Crippen molar-refractivity contribution >= 4 is 22.8 Å². The summed E-state index contributed by atoms with van der Waals surface area (Å²) in [6, 6.07) is 7.59. The van der Waals surface area contributed by atoms with Crippen LogP contribution < -0.4 is 15.0 Å². The van der Waals surface area contributed by atoms with Gasteiger partial charge in [0.1, 0.15) is 24.4 Å². The molecule has 1 aromatic carbocycles. The van der Waals surface area contributed by atoms with Crippen LogP contribution in [0.2, 0.25) is 0 Å². The first-order valence-corrected chi connectivity index (χ1v) is 9.13. The van der Waals surface area contributed by atoms with Crippen molar-refractivity contribution in [3.63, 3.8) is 0 Å². The quantitative estimate of drug-likeness (QED) is 0.679. The number of ether oxygens (including phenoxy) is 2. The van der Waals surface area contributed by atoms with Crippen LogP contribution in [0.1, 0.15) is 5.56 Å². The Morgan fingerprint density at radius 3 is 2.96 bits per heavy atom. The van der Waals surface area contributed by atoms with Gasteiger partial charge in [-0.2, -0.15) is 5.10 Å². The van der Waals surface area contributed by atoms with Gasteiger partial charge in [-0.05, 0) is 17.7 Å². The molecule has 0 unspecified atom stereocenters. The second-order valence-electron chi connectivity index (χ2n) is 6.46. The van der Waals surface area contributed by atoms with E-state index >= 15 is 0 Å². The molecule has 1 saturated heterocycles. The van der Waals surface area contributed by atoms with Gasteiger partial charge in [-0.15, -0.1) is 0 Å². The molecule has 0 saturated carbocycles. The Morgan fingerprint density at radius 1 is 1.29 bits per heavy atom. The lowest BCUT2D eigenvalue weighted by Crippen LogP contribution is -2.36. The molecule has 0 spiro atoms. The highest BCUT2D eigenvalue weighted by Crippen LogP contribution is 2.23. The average molecular weight is 382 g/mol. The Bertz CT molecular complexity index is 967. The predicted octanol–water partition coefficient (Wildman–Crippen LogP) is 0.988. The van der Waals surface area contributed by atoms with Crippen molar-refractivity contribution in [2.75, 3.05) is 38.3 Å². The van der Waals surface area contributed by atoms with Gasteiger partial charge in [0, 0.05) is 19.6 Å². The van der Waals surface area contributed by atoms with E-state index in [1.54, 1.807) is 18.0 Å². The number of morpholine rings is 1. The van der Waals surface area contributed by atoms with Gasteiger partial charge in [-0.25, -0.2) is 14.6 Å². The summed E-state index contributed by atoms with van der Waals surface area (Å²) in [5.74, 6) is 1.45. The molecule has 1 aliphatic rings. The van der Waals surface area contributed by atoms with Crippen molar-refractivity contribution in [2.45, 2.75) is 13.1 Å². The van der Waals surface area contributed by atoms with E-state index in [1.165, 1.54) is 6.33 Å². The van der Waals surface area contributed by atoms with Crippen molar-refractivity contribution in [1.29, 1.82) is 0 Å². The molecule has 2 aromatic heterocycles. The first-order valence-electron chi connectivity index (χ1n) is 9.13. The van der Waals surface area contributed by atoms with Crippen molar-refractivity contribution in [3.8, 4) is 5.75 Å². The van der Waals surface area contributed by atoms with Gasteiger partial charge in [0.05, 0.1) is 31.9 Å². The number of methoxy groups -OCH3 is 1. The standard InChI is InChI=1S/C19H22N6O3/c1-27-15-4-2-3-14(9-15)10-20-17(26)12-25-19-16(11-23-25)18(21-13-22-19)24-5-7-28-8-6-24/h2-4,9,11,13H,5-8,10,12H2,1H3,(H,20,26). The first-order chi connectivity index (χ1) is 13.7. The number of aromatic nitrogens is 4. The fourth-order valence-electron chi connectivity index (χ4n) is 3.20. The van der Waals surface area contributed by atoms with Crippen LogP contribution in [0.5, 0.6) is 5.75 Å². The van der Waals surface area contributed by atoms with Gasteiger partial charge in [0.15, 0.2) is 5.65 Å². The third-order valence-corrected chi connectivity index (χ3v) is 4.64. The number of nitrogens with zero attached hydrogens (tertiary/aromatic N) is 5. The number of hydrogen-bond acceptors (Lipinski definition) is 7. The number of hydrogen-bond donors (Lipinski definition) is 1. The van der Waals surface area contributed by atoms with Crippen LogP contribution in [-0.2, 0) is 22.6 Å². The Labute approximate surface area is 162 Å². The van der Waals surface area contributed by atoms with E-state index in [4.69, 9.17) is 9.47 Å². The Morgan fingerprint density at radius 2 is 2.14 bits per heavy atom. The van der Waals surface area contributed by atoms with Gasteiger partial charge in [0.25, 0.3) is 0 Å². The maximum absolute atomic E-state index is 12.4. The molecule has 0 radical (unpaired) electrons. The number of rotatable bonds is 6. The number of nitrogens with one attached hydrogen (secondary N) is 1. The summed E-state index contributed by atoms with van der Waals surface area (Å²) in [5, 5.41) is 8.09. The summed E-state index contributed by atoms with van der Waals surface area (Å²) in [5.41, 5.74) is 1.61. The molecule has 3 heterocycles. The number of anilines is 1. The lowest BCUT2D eigenvalue weighted by atomic mass is 10.2. The first kappa shape index (κ1) is 18.2. The zero-order valence-electron chi connectivity index (χ0n) is 15.7. The number of carbonyl (C=O) groups is 1. The zero-order valence-corrected chi connectivity index (χ0v) is 15.7. The minimum absolute atomic E-state index is 0.0903. The maximum Gasteiger partial charge on any atom is 0.242 e. The smallest absolute Gasteiger partial charge is 0.242 e. The monoisotopic (exact) mass is 382 g/mol. The fraction of sp³-hybridized carbons (Fsp3) is 0.368. The van der Waals surface area contributed by atoms with Gasteiger partial charge >= 0.3 is 0 Å². The Hall–Kier alpha value is -3.20. The van der Waals surface area contributed by atoms with Crippen molar-refractivity contribution in [3.05, 3.63) is 42.4 Å². The SMILES string of the molecule is COc1cccc(CNC(=O)Cn2ncc3c(N4CCOCC4)ncnc32)c1. The molecule has 1 N–H and O–H groups in total. The highest BCUT2D eigenvalue weighted by atomic mass is 16.5. The average Bonchev–Trinajstić information content (AvgIpc) is 3.16. The van der Waals surface area contributed by atoms with E-state index in [0.717, 1.165) is 35.6 Å². The van der Waals surface area contributed by atoms with E-state index in [1.807, 2.05) is 24.3 Å². The number of benzene rings is 1. The molecular weight excluding hydrogens is 360 g/mol. The number of amides is 1. The van der Waals surface area contributed by atoms with Crippen molar-refractivity contribution in [1.82, 2.24) is 25.1 Å². The summed E-state index contributed by atoms with van der Waals surface area (Å²) in [7, 11) is 1.62. The van der Waals surface area contributed by atoms with Crippen LogP contribution >= 0.6 is 0 Å². The highest BCUT2D eigenvalue weighted by molar-refractivity contribution is 5.87. The fourth-order valence-corrected chi connectivity index (χ4v) is 3.20. The molecule has 4 rings (SSSR count). The molecule has 3 aromatic rings. The zero-order chi connectivity index (χ0) is 19.3. The number of fused-ring (bicyclic) bond motifs is 1. The van der Waals surface area contributed by atoms with Gasteiger partial charge in [-0.3, -0.25) is 4.79 Å².